The quantitative estimate of drug-likeness (QED) is 0.0406. The number of carbonyl (C=O) groups is 6. The lowest BCUT2D eigenvalue weighted by molar-refractivity contribution is -0.264. The molecule has 390 valence electrons. The van der Waals surface area contributed by atoms with Crippen molar-refractivity contribution in [2.45, 2.75) is 187 Å². The topological polar surface area (TPSA) is 236 Å². The summed E-state index contributed by atoms with van der Waals surface area (Å²) in [5.41, 5.74) is 1.14. The number of aliphatic hydroxyl groups excluding tert-OH is 3. The van der Waals surface area contributed by atoms with Crippen LogP contribution in [-0.2, 0) is 42.9 Å². The molecule has 5 N–H and O–H groups in total. The van der Waals surface area contributed by atoms with E-state index in [1.165, 1.54) is 26.0 Å². The Morgan fingerprint density at radius 2 is 1.58 bits per heavy atom. The van der Waals surface area contributed by atoms with Gasteiger partial charge in [0.1, 0.15) is 18.0 Å². The van der Waals surface area contributed by atoms with Crippen molar-refractivity contribution >= 4 is 35.1 Å². The van der Waals surface area contributed by atoms with Crippen molar-refractivity contribution in [1.29, 1.82) is 0 Å². The number of rotatable bonds is 25. The third kappa shape index (κ3) is 17.1. The predicted molar refractivity (Wildman–Crippen MR) is 260 cm³/mol. The number of hydrogen-bond acceptors (Lipinski definition) is 14. The zero-order valence-electron chi connectivity index (χ0n) is 43.1. The molecule has 3 aliphatic rings. The summed E-state index contributed by atoms with van der Waals surface area (Å²) in [5.74, 6) is -6.79. The third-order valence-electron chi connectivity index (χ3n) is 14.7. The number of carbonyl (C=O) groups excluding carboxylic acids is 6. The molecular formula is C53H84N2O14. The highest BCUT2D eigenvalue weighted by Crippen LogP contribution is 2.37. The van der Waals surface area contributed by atoms with Crippen molar-refractivity contribution in [3.05, 3.63) is 47.6 Å². The van der Waals surface area contributed by atoms with E-state index in [1.807, 2.05) is 32.9 Å². The van der Waals surface area contributed by atoms with Crippen molar-refractivity contribution in [2.75, 3.05) is 27.9 Å². The van der Waals surface area contributed by atoms with Gasteiger partial charge in [0.2, 0.25) is 5.79 Å². The molecule has 0 bridgehead atoms. The molecule has 2 heterocycles. The molecule has 0 radical (unpaired) electrons. The van der Waals surface area contributed by atoms with E-state index in [0.717, 1.165) is 24.8 Å². The maximum Gasteiger partial charge on any atom is 0.407 e. The molecule has 16 nitrogen and oxygen atoms in total. The minimum atomic E-state index is -2.40. The van der Waals surface area contributed by atoms with Gasteiger partial charge >= 0.3 is 6.09 Å². The van der Waals surface area contributed by atoms with Gasteiger partial charge in [0.25, 0.3) is 11.7 Å². The molecule has 1 aliphatic carbocycles. The molecule has 69 heavy (non-hydrogen) atoms. The highest BCUT2D eigenvalue weighted by atomic mass is 16.6. The number of ether oxygens (including phenoxy) is 4. The number of nitrogens with zero attached hydrogens (tertiary/aromatic N) is 1. The minimum absolute atomic E-state index is 0.0415. The fraction of sp³-hybridized carbons (Fsp3) is 0.736. The standard InChI is InChI=1S/C53H84N2O14/c1-31(25-35(5)47(60)49(67-10)48(61)36(6)26-33(3)44(58)30-45(59)34(4)27-39-21-23-43(57)46(28-39)66-9)17-13-12-14-18-32(2)41(54-52(64)68-11)29-40-22-20-37(7)53(65,69-40)50(62)51(63)55-24-16-15-19-42(55)38(8)56/h12-14,17-18,26,31,33-35,37,39-43,45-46,48-49,57,59,61,65H,15-16,19-25,27-30H2,1-11H3,(H,54,64)/b14-12+,17-13+,32-18+,36-26+/t31-,33-,34-,35-,37-,39+,40+,41+,42+,43-,45+,46-,48-,49-,53-/m1/s1. The number of piperidine rings is 1. The van der Waals surface area contributed by atoms with Crippen LogP contribution in [0.1, 0.15) is 132 Å². The Morgan fingerprint density at radius 1 is 0.884 bits per heavy atom. The van der Waals surface area contributed by atoms with Gasteiger partial charge in [0.05, 0.1) is 43.6 Å². The number of ketones is 4. The lowest BCUT2D eigenvalue weighted by Gasteiger charge is -2.42. The minimum Gasteiger partial charge on any atom is -0.453 e. The van der Waals surface area contributed by atoms with E-state index < -0.39 is 83.9 Å². The molecule has 0 unspecified atom stereocenters. The lowest BCUT2D eigenvalue weighted by atomic mass is 9.78. The van der Waals surface area contributed by atoms with Crippen molar-refractivity contribution < 1.29 is 68.1 Å². The number of alkyl carbamates (subject to hydrolysis) is 1. The molecular weight excluding hydrogens is 889 g/mol. The largest absolute Gasteiger partial charge is 0.453 e. The zero-order valence-corrected chi connectivity index (χ0v) is 43.1. The van der Waals surface area contributed by atoms with Crippen molar-refractivity contribution in [3.8, 4) is 0 Å². The van der Waals surface area contributed by atoms with E-state index in [4.69, 9.17) is 18.9 Å². The van der Waals surface area contributed by atoms with Crippen molar-refractivity contribution in [1.82, 2.24) is 10.2 Å². The molecule has 3 rings (SSSR count). The summed E-state index contributed by atoms with van der Waals surface area (Å²) in [6.07, 6.45) is 11.6. The van der Waals surface area contributed by atoms with Crippen LogP contribution in [0.3, 0.4) is 0 Å². The highest BCUT2D eigenvalue weighted by molar-refractivity contribution is 6.39. The maximum atomic E-state index is 13.6. The van der Waals surface area contributed by atoms with Gasteiger partial charge < -0.3 is 49.6 Å². The van der Waals surface area contributed by atoms with E-state index >= 15 is 0 Å². The molecule has 1 saturated carbocycles. The van der Waals surface area contributed by atoms with Gasteiger partial charge in [-0.3, -0.25) is 24.0 Å². The average molecular weight is 973 g/mol. The number of Topliss-reactive ketones (excluding diaryl/α,β-unsaturated/α-hetero) is 4. The van der Waals surface area contributed by atoms with E-state index in [9.17, 15) is 49.2 Å². The molecule has 0 aromatic rings. The number of aliphatic hydroxyl groups is 4. The van der Waals surface area contributed by atoms with Gasteiger partial charge in [-0.05, 0) is 115 Å². The number of nitrogens with one attached hydrogen (secondary N) is 1. The Morgan fingerprint density at radius 3 is 2.22 bits per heavy atom. The highest BCUT2D eigenvalue weighted by Gasteiger charge is 2.52. The van der Waals surface area contributed by atoms with Crippen LogP contribution in [0.15, 0.2) is 47.6 Å². The zero-order chi connectivity index (χ0) is 51.7. The first-order chi connectivity index (χ1) is 32.5. The van der Waals surface area contributed by atoms with Crippen LogP contribution in [0.25, 0.3) is 0 Å². The molecule has 2 aliphatic heterocycles. The summed E-state index contributed by atoms with van der Waals surface area (Å²) in [6, 6.07) is -1.35. The Balaban J connectivity index is 1.57. The summed E-state index contributed by atoms with van der Waals surface area (Å²) in [7, 11) is 4.20. The second kappa shape index (κ2) is 28.2. The summed E-state index contributed by atoms with van der Waals surface area (Å²) < 4.78 is 21.8. The van der Waals surface area contributed by atoms with Crippen LogP contribution in [0, 0.1) is 35.5 Å². The average Bonchev–Trinajstić information content (AvgIpc) is 3.32. The third-order valence-corrected chi connectivity index (χ3v) is 14.7. The van der Waals surface area contributed by atoms with Gasteiger partial charge in [-0.15, -0.1) is 0 Å². The summed E-state index contributed by atoms with van der Waals surface area (Å²) >= 11 is 0. The number of allylic oxidation sites excluding steroid dienone is 6. The maximum absolute atomic E-state index is 13.6. The number of hydrogen-bond donors (Lipinski definition) is 5. The molecule has 0 spiro atoms. The first-order valence-corrected chi connectivity index (χ1v) is 25.0. The van der Waals surface area contributed by atoms with E-state index in [1.54, 1.807) is 59.1 Å². The van der Waals surface area contributed by atoms with Crippen LogP contribution >= 0.6 is 0 Å². The van der Waals surface area contributed by atoms with Gasteiger partial charge in [-0.25, -0.2) is 4.79 Å². The Bertz CT molecular complexity index is 1860. The monoisotopic (exact) mass is 973 g/mol. The molecule has 0 aromatic carbocycles. The first kappa shape index (κ1) is 59.4. The van der Waals surface area contributed by atoms with Crippen molar-refractivity contribution in [2.24, 2.45) is 35.5 Å². The molecule has 0 aromatic heterocycles. The number of likely N-dealkylation sites (tertiary alicyclic amines) is 1. The SMILES string of the molecule is COC(=O)N[C@@H](C[C@@H]1CC[C@@H](C)[C@](O)(C(=O)C(=O)N2CCCC[C@H]2C(C)=O)O1)/C(C)=C/C=C/C=C/[C@@H](C)C[C@@H](C)C(=O)[C@@H](OC)[C@H](O)/C(C)=C/[C@@H](C)C(=O)C[C@H](O)[C@H](C)C[C@@H]1CC[C@@H](O)[C@H](OC)C1. The first-order valence-electron chi connectivity index (χ1n) is 25.0. The fourth-order valence-electron chi connectivity index (χ4n) is 10.0. The van der Waals surface area contributed by atoms with Gasteiger partial charge in [0.15, 0.2) is 11.6 Å². The van der Waals surface area contributed by atoms with Gasteiger partial charge in [-0.1, -0.05) is 76.6 Å². The molecule has 2 saturated heterocycles. The summed E-state index contributed by atoms with van der Waals surface area (Å²) in [5, 5.41) is 46.7. The summed E-state index contributed by atoms with van der Waals surface area (Å²) in [6.45, 7) is 14.1. The molecule has 16 heteroatoms. The van der Waals surface area contributed by atoms with E-state index in [2.05, 4.69) is 5.32 Å². The van der Waals surface area contributed by atoms with Crippen molar-refractivity contribution in [3.63, 3.8) is 0 Å². The van der Waals surface area contributed by atoms with Crippen LogP contribution in [0.4, 0.5) is 4.79 Å². The van der Waals surface area contributed by atoms with Gasteiger partial charge in [0, 0.05) is 44.9 Å². The Kier molecular flexibility index (Phi) is 24.3. The van der Waals surface area contributed by atoms with Gasteiger partial charge in [-0.2, -0.15) is 0 Å². The van der Waals surface area contributed by atoms with E-state index in [-0.39, 0.29) is 60.6 Å². The molecule has 3 fully saturated rings. The Hall–Kier alpha value is -3.90. The number of amides is 2. The van der Waals surface area contributed by atoms with Crippen LogP contribution in [-0.4, -0.2) is 143 Å². The molecule has 15 atom stereocenters. The lowest BCUT2D eigenvalue weighted by Crippen LogP contribution is -2.60. The Labute approximate surface area is 410 Å². The van der Waals surface area contributed by atoms with Crippen LogP contribution in [0.5, 0.6) is 0 Å². The normalized spacial score (nSPS) is 28.5. The summed E-state index contributed by atoms with van der Waals surface area (Å²) in [4.78, 5) is 79.8. The molecule has 2 amide bonds. The fourth-order valence-corrected chi connectivity index (χ4v) is 10.0. The number of methoxy groups -OCH3 is 3. The van der Waals surface area contributed by atoms with Crippen LogP contribution in [0.2, 0.25) is 0 Å². The second-order valence-electron chi connectivity index (χ2n) is 20.3. The smallest absolute Gasteiger partial charge is 0.407 e. The second-order valence-corrected chi connectivity index (χ2v) is 20.3. The predicted octanol–water partition coefficient (Wildman–Crippen LogP) is 5.91. The van der Waals surface area contributed by atoms with E-state index in [0.29, 0.717) is 50.5 Å². The van der Waals surface area contributed by atoms with Crippen LogP contribution < -0.4 is 5.32 Å².